The SMILES string of the molecule is CCNC(=NCC(=O)N1CCc2sccc2C1)NC1CCN(c2ccccc2OC)C1.I. The standard InChI is InChI=1S/C23H31N5O2S.HI/c1-3-24-23(25-14-22(29)28-12-9-21-17(15-28)10-13-31-21)26-18-8-11-27(16-18)19-6-4-5-7-20(19)30-2;/h4-7,10,13,18H,3,8-9,11-12,14-16H2,1-2H3,(H2,24,25,26);1H. The van der Waals surface area contributed by atoms with Crippen LogP contribution in [0.2, 0.25) is 0 Å². The second kappa shape index (κ2) is 11.7. The molecule has 1 atom stereocenters. The Balaban J connectivity index is 0.00000289. The summed E-state index contributed by atoms with van der Waals surface area (Å²) in [5, 5.41) is 8.91. The van der Waals surface area contributed by atoms with Gasteiger partial charge < -0.3 is 25.2 Å². The smallest absolute Gasteiger partial charge is 0.244 e. The van der Waals surface area contributed by atoms with E-state index in [4.69, 9.17) is 4.74 Å². The van der Waals surface area contributed by atoms with Crippen molar-refractivity contribution in [2.24, 2.45) is 4.99 Å². The van der Waals surface area contributed by atoms with Crippen LogP contribution in [0.4, 0.5) is 5.69 Å². The molecule has 1 aromatic carbocycles. The molecule has 32 heavy (non-hydrogen) atoms. The molecule has 7 nitrogen and oxygen atoms in total. The van der Waals surface area contributed by atoms with Gasteiger partial charge in [-0.2, -0.15) is 0 Å². The third kappa shape index (κ3) is 5.86. The number of fused-ring (bicyclic) bond motifs is 1. The minimum absolute atomic E-state index is 0. The number of halogens is 1. The van der Waals surface area contributed by atoms with Gasteiger partial charge in [0, 0.05) is 43.6 Å². The maximum Gasteiger partial charge on any atom is 0.244 e. The lowest BCUT2D eigenvalue weighted by Gasteiger charge is -2.26. The zero-order valence-corrected chi connectivity index (χ0v) is 21.8. The summed E-state index contributed by atoms with van der Waals surface area (Å²) in [6.07, 6.45) is 1.95. The van der Waals surface area contributed by atoms with Crippen molar-refractivity contribution in [3.8, 4) is 5.75 Å². The number of methoxy groups -OCH3 is 1. The van der Waals surface area contributed by atoms with E-state index in [-0.39, 0.29) is 42.5 Å². The van der Waals surface area contributed by atoms with Crippen LogP contribution in [0.5, 0.6) is 5.75 Å². The number of amides is 1. The summed E-state index contributed by atoms with van der Waals surface area (Å²) in [5.74, 6) is 1.68. The summed E-state index contributed by atoms with van der Waals surface area (Å²) in [7, 11) is 1.71. The molecule has 4 rings (SSSR count). The molecule has 1 aromatic heterocycles. The number of hydrogen-bond donors (Lipinski definition) is 2. The molecule has 1 amide bonds. The summed E-state index contributed by atoms with van der Waals surface area (Å²) in [6.45, 7) is 6.26. The predicted octanol–water partition coefficient (Wildman–Crippen LogP) is 3.09. The number of para-hydroxylation sites is 2. The molecular weight excluding hydrogens is 537 g/mol. The number of ether oxygens (including phenoxy) is 1. The van der Waals surface area contributed by atoms with E-state index in [0.717, 1.165) is 50.5 Å². The van der Waals surface area contributed by atoms with E-state index in [0.29, 0.717) is 12.5 Å². The second-order valence-electron chi connectivity index (χ2n) is 7.88. The van der Waals surface area contributed by atoms with Gasteiger partial charge in [0.15, 0.2) is 5.96 Å². The van der Waals surface area contributed by atoms with Crippen molar-refractivity contribution in [1.29, 1.82) is 0 Å². The molecule has 1 saturated heterocycles. The van der Waals surface area contributed by atoms with E-state index in [1.54, 1.807) is 18.4 Å². The molecule has 2 N–H and O–H groups in total. The largest absolute Gasteiger partial charge is 0.495 e. The van der Waals surface area contributed by atoms with Crippen LogP contribution in [-0.2, 0) is 17.8 Å². The first-order valence-electron chi connectivity index (χ1n) is 10.9. The minimum atomic E-state index is 0. The minimum Gasteiger partial charge on any atom is -0.495 e. The van der Waals surface area contributed by atoms with E-state index >= 15 is 0 Å². The Morgan fingerprint density at radius 3 is 2.94 bits per heavy atom. The van der Waals surface area contributed by atoms with Crippen LogP contribution in [0, 0.1) is 0 Å². The maximum absolute atomic E-state index is 12.7. The Kier molecular flexibility index (Phi) is 9.03. The van der Waals surface area contributed by atoms with E-state index in [1.807, 2.05) is 30.0 Å². The Hall–Kier alpha value is -2.01. The van der Waals surface area contributed by atoms with Crippen LogP contribution in [0.15, 0.2) is 40.7 Å². The van der Waals surface area contributed by atoms with Crippen molar-refractivity contribution in [2.45, 2.75) is 32.4 Å². The van der Waals surface area contributed by atoms with Gasteiger partial charge >= 0.3 is 0 Å². The van der Waals surface area contributed by atoms with E-state index in [1.165, 1.54) is 10.4 Å². The number of rotatable bonds is 6. The van der Waals surface area contributed by atoms with Crippen molar-refractivity contribution < 1.29 is 9.53 Å². The number of benzene rings is 1. The first-order chi connectivity index (χ1) is 15.2. The summed E-state index contributed by atoms with van der Waals surface area (Å²) >= 11 is 1.79. The molecule has 1 unspecified atom stereocenters. The Morgan fingerprint density at radius 1 is 1.28 bits per heavy atom. The lowest BCUT2D eigenvalue weighted by Crippen LogP contribution is -2.45. The molecule has 3 heterocycles. The predicted molar refractivity (Wildman–Crippen MR) is 142 cm³/mol. The summed E-state index contributed by atoms with van der Waals surface area (Å²) in [5.41, 5.74) is 2.39. The molecule has 2 aliphatic rings. The average molecular weight is 570 g/mol. The fourth-order valence-electron chi connectivity index (χ4n) is 4.21. The number of thiophene rings is 1. The number of hydrogen-bond acceptors (Lipinski definition) is 5. The molecule has 174 valence electrons. The van der Waals surface area contributed by atoms with Crippen LogP contribution in [0.1, 0.15) is 23.8 Å². The van der Waals surface area contributed by atoms with Crippen molar-refractivity contribution in [1.82, 2.24) is 15.5 Å². The average Bonchev–Trinajstić information content (AvgIpc) is 3.46. The van der Waals surface area contributed by atoms with Crippen LogP contribution in [0.3, 0.4) is 0 Å². The zero-order valence-electron chi connectivity index (χ0n) is 18.7. The lowest BCUT2D eigenvalue weighted by molar-refractivity contribution is -0.130. The molecule has 0 bridgehead atoms. The zero-order chi connectivity index (χ0) is 21.6. The highest BCUT2D eigenvalue weighted by Gasteiger charge is 2.26. The highest BCUT2D eigenvalue weighted by atomic mass is 127. The Labute approximate surface area is 211 Å². The van der Waals surface area contributed by atoms with Gasteiger partial charge in [-0.25, -0.2) is 4.99 Å². The van der Waals surface area contributed by atoms with E-state index in [9.17, 15) is 4.79 Å². The van der Waals surface area contributed by atoms with Crippen LogP contribution >= 0.6 is 35.3 Å². The van der Waals surface area contributed by atoms with Crippen molar-refractivity contribution in [3.63, 3.8) is 0 Å². The second-order valence-corrected chi connectivity index (χ2v) is 8.88. The molecule has 9 heteroatoms. The van der Waals surface area contributed by atoms with Gasteiger partial charge in [-0.15, -0.1) is 35.3 Å². The Morgan fingerprint density at radius 2 is 2.12 bits per heavy atom. The normalized spacial score (nSPS) is 18.1. The number of carbonyl (C=O) groups excluding carboxylic acids is 1. The van der Waals surface area contributed by atoms with Gasteiger partial charge in [-0.05, 0) is 48.9 Å². The molecule has 1 fully saturated rings. The highest BCUT2D eigenvalue weighted by molar-refractivity contribution is 14.0. The fourth-order valence-corrected chi connectivity index (χ4v) is 5.10. The number of guanidine groups is 1. The van der Waals surface area contributed by atoms with Crippen LogP contribution in [0.25, 0.3) is 0 Å². The number of nitrogens with zero attached hydrogens (tertiary/aromatic N) is 3. The van der Waals surface area contributed by atoms with Gasteiger partial charge in [-0.1, -0.05) is 12.1 Å². The molecule has 0 saturated carbocycles. The molecule has 0 radical (unpaired) electrons. The number of anilines is 1. The number of aliphatic imine (C=N–C) groups is 1. The quantitative estimate of drug-likeness (QED) is 0.318. The van der Waals surface area contributed by atoms with E-state index < -0.39 is 0 Å². The third-order valence-corrected chi connectivity index (χ3v) is 6.85. The van der Waals surface area contributed by atoms with Crippen molar-refractivity contribution in [3.05, 3.63) is 46.2 Å². The maximum atomic E-state index is 12.7. The summed E-state index contributed by atoms with van der Waals surface area (Å²) in [6, 6.07) is 10.5. The van der Waals surface area contributed by atoms with Crippen molar-refractivity contribution in [2.75, 3.05) is 44.7 Å². The number of nitrogens with one attached hydrogen (secondary N) is 2. The molecule has 0 aliphatic carbocycles. The first kappa shape index (κ1) is 24.6. The molecule has 0 spiro atoms. The lowest BCUT2D eigenvalue weighted by atomic mass is 10.1. The Bertz CT molecular complexity index is 935. The van der Waals surface area contributed by atoms with Crippen LogP contribution < -0.4 is 20.3 Å². The van der Waals surface area contributed by atoms with Gasteiger partial charge in [0.1, 0.15) is 12.3 Å². The monoisotopic (exact) mass is 569 g/mol. The van der Waals surface area contributed by atoms with Crippen molar-refractivity contribution >= 4 is 52.9 Å². The van der Waals surface area contributed by atoms with Gasteiger partial charge in [0.25, 0.3) is 0 Å². The summed E-state index contributed by atoms with van der Waals surface area (Å²) in [4.78, 5) is 23.0. The molecule has 2 aliphatic heterocycles. The van der Waals surface area contributed by atoms with Crippen LogP contribution in [-0.4, -0.2) is 62.6 Å². The third-order valence-electron chi connectivity index (χ3n) is 5.83. The topological polar surface area (TPSA) is 69.2 Å². The number of carbonyl (C=O) groups is 1. The van der Waals surface area contributed by atoms with Gasteiger partial charge in [0.05, 0.1) is 12.8 Å². The highest BCUT2D eigenvalue weighted by Crippen LogP contribution is 2.30. The molecule has 2 aromatic rings. The fraction of sp³-hybridized carbons (Fsp3) is 0.478. The first-order valence-corrected chi connectivity index (χ1v) is 11.8. The molecular formula is C23H32IN5O2S. The summed E-state index contributed by atoms with van der Waals surface area (Å²) < 4.78 is 5.51. The van der Waals surface area contributed by atoms with Gasteiger partial charge in [0.2, 0.25) is 5.91 Å². The van der Waals surface area contributed by atoms with E-state index in [2.05, 4.69) is 38.0 Å². The van der Waals surface area contributed by atoms with Gasteiger partial charge in [-0.3, -0.25) is 4.79 Å².